The highest BCUT2D eigenvalue weighted by atomic mass is 32.1. The predicted octanol–water partition coefficient (Wildman–Crippen LogP) is 1.65. The Bertz CT molecular complexity index is 340. The lowest BCUT2D eigenvalue weighted by Crippen LogP contribution is -2.21. The number of thiazole rings is 1. The number of piperidine rings is 1. The summed E-state index contributed by atoms with van der Waals surface area (Å²) in [5.74, 6) is 1.88. The Morgan fingerprint density at radius 2 is 2.29 bits per heavy atom. The van der Waals surface area contributed by atoms with Crippen LogP contribution in [0.15, 0.2) is 6.20 Å². The number of nitrogens with zero attached hydrogens (tertiary/aromatic N) is 2. The monoisotopic (exact) mass is 210 g/mol. The van der Waals surface area contributed by atoms with Gasteiger partial charge in [-0.3, -0.25) is 0 Å². The first-order chi connectivity index (χ1) is 6.74. The molecule has 14 heavy (non-hydrogen) atoms. The molecule has 1 saturated heterocycles. The summed E-state index contributed by atoms with van der Waals surface area (Å²) in [6, 6.07) is 0. The summed E-state index contributed by atoms with van der Waals surface area (Å²) in [6.07, 6.45) is 2.85. The molecule has 2 heterocycles. The molecule has 76 valence electrons. The SMILES string of the molecule is CC(O)c1cnc(N2CC3CC3C2)s1. The van der Waals surface area contributed by atoms with Gasteiger partial charge in [0.25, 0.3) is 0 Å². The first-order valence-corrected chi connectivity index (χ1v) is 5.94. The zero-order valence-corrected chi connectivity index (χ0v) is 9.00. The third kappa shape index (κ3) is 1.33. The Hall–Kier alpha value is -0.610. The Morgan fingerprint density at radius 3 is 2.86 bits per heavy atom. The summed E-state index contributed by atoms with van der Waals surface area (Å²) in [5.41, 5.74) is 0. The highest BCUT2D eigenvalue weighted by molar-refractivity contribution is 7.15. The maximum absolute atomic E-state index is 9.39. The fourth-order valence-electron chi connectivity index (χ4n) is 2.17. The fraction of sp³-hybridized carbons (Fsp3) is 0.700. The number of anilines is 1. The van der Waals surface area contributed by atoms with Crippen molar-refractivity contribution in [3.05, 3.63) is 11.1 Å². The van der Waals surface area contributed by atoms with Crippen LogP contribution in [0, 0.1) is 11.8 Å². The Labute approximate surface area is 87.4 Å². The quantitative estimate of drug-likeness (QED) is 0.806. The highest BCUT2D eigenvalue weighted by Gasteiger charge is 2.45. The van der Waals surface area contributed by atoms with E-state index in [4.69, 9.17) is 0 Å². The van der Waals surface area contributed by atoms with E-state index in [1.807, 2.05) is 0 Å². The van der Waals surface area contributed by atoms with Crippen LogP contribution in [0.5, 0.6) is 0 Å². The molecule has 3 unspecified atom stereocenters. The molecule has 1 aromatic rings. The van der Waals surface area contributed by atoms with Crippen molar-refractivity contribution >= 4 is 16.5 Å². The molecule has 4 heteroatoms. The van der Waals surface area contributed by atoms with Gasteiger partial charge in [0, 0.05) is 19.3 Å². The molecule has 0 aromatic carbocycles. The van der Waals surface area contributed by atoms with Crippen molar-refractivity contribution in [2.75, 3.05) is 18.0 Å². The van der Waals surface area contributed by atoms with E-state index in [1.165, 1.54) is 19.5 Å². The van der Waals surface area contributed by atoms with Gasteiger partial charge in [-0.05, 0) is 25.2 Å². The van der Waals surface area contributed by atoms with E-state index in [0.29, 0.717) is 0 Å². The molecule has 2 aliphatic rings. The lowest BCUT2D eigenvalue weighted by Gasteiger charge is -2.15. The lowest BCUT2D eigenvalue weighted by atomic mass is 10.4. The second-order valence-corrected chi connectivity index (χ2v) is 5.42. The number of aromatic nitrogens is 1. The summed E-state index contributed by atoms with van der Waals surface area (Å²) >= 11 is 1.63. The number of rotatable bonds is 2. The van der Waals surface area contributed by atoms with E-state index in [9.17, 15) is 5.11 Å². The second kappa shape index (κ2) is 2.94. The van der Waals surface area contributed by atoms with Crippen LogP contribution < -0.4 is 4.90 Å². The van der Waals surface area contributed by atoms with Crippen molar-refractivity contribution in [1.29, 1.82) is 0 Å². The Balaban J connectivity index is 1.76. The van der Waals surface area contributed by atoms with Crippen molar-refractivity contribution in [2.24, 2.45) is 11.8 Å². The van der Waals surface area contributed by atoms with E-state index < -0.39 is 0 Å². The van der Waals surface area contributed by atoms with Gasteiger partial charge in [-0.15, -0.1) is 0 Å². The van der Waals surface area contributed by atoms with Crippen LogP contribution in [-0.2, 0) is 0 Å². The van der Waals surface area contributed by atoms with Gasteiger partial charge >= 0.3 is 0 Å². The van der Waals surface area contributed by atoms with Gasteiger partial charge in [-0.2, -0.15) is 0 Å². The minimum atomic E-state index is -0.376. The first kappa shape index (κ1) is 8.68. The van der Waals surface area contributed by atoms with Gasteiger partial charge in [-0.1, -0.05) is 11.3 Å². The van der Waals surface area contributed by atoms with Gasteiger partial charge in [0.05, 0.1) is 11.0 Å². The zero-order chi connectivity index (χ0) is 9.71. The van der Waals surface area contributed by atoms with Gasteiger partial charge < -0.3 is 10.0 Å². The van der Waals surface area contributed by atoms with Gasteiger partial charge in [-0.25, -0.2) is 4.98 Å². The van der Waals surface area contributed by atoms with Crippen molar-refractivity contribution in [3.8, 4) is 0 Å². The molecule has 0 amide bonds. The van der Waals surface area contributed by atoms with E-state index in [2.05, 4.69) is 9.88 Å². The summed E-state index contributed by atoms with van der Waals surface area (Å²) in [4.78, 5) is 7.69. The van der Waals surface area contributed by atoms with E-state index in [-0.39, 0.29) is 6.10 Å². The number of fused-ring (bicyclic) bond motifs is 1. The van der Waals surface area contributed by atoms with Crippen molar-refractivity contribution in [1.82, 2.24) is 4.98 Å². The van der Waals surface area contributed by atoms with Gasteiger partial charge in [0.2, 0.25) is 0 Å². The van der Waals surface area contributed by atoms with Crippen LogP contribution >= 0.6 is 11.3 Å². The van der Waals surface area contributed by atoms with Crippen molar-refractivity contribution in [3.63, 3.8) is 0 Å². The van der Waals surface area contributed by atoms with Crippen molar-refractivity contribution in [2.45, 2.75) is 19.4 Å². The van der Waals surface area contributed by atoms with Crippen LogP contribution in [0.2, 0.25) is 0 Å². The molecule has 2 fully saturated rings. The van der Waals surface area contributed by atoms with Crippen molar-refractivity contribution < 1.29 is 5.11 Å². The number of aliphatic hydroxyl groups excluding tert-OH is 1. The van der Waals surface area contributed by atoms with E-state index in [0.717, 1.165) is 21.8 Å². The van der Waals surface area contributed by atoms with Crippen LogP contribution in [0.25, 0.3) is 0 Å². The van der Waals surface area contributed by atoms with E-state index >= 15 is 0 Å². The molecule has 0 spiro atoms. The normalized spacial score (nSPS) is 31.7. The molecule has 3 nitrogen and oxygen atoms in total. The van der Waals surface area contributed by atoms with Crippen LogP contribution in [-0.4, -0.2) is 23.2 Å². The highest BCUT2D eigenvalue weighted by Crippen LogP contribution is 2.46. The number of hydrogen-bond donors (Lipinski definition) is 1. The number of aliphatic hydroxyl groups is 1. The molecule has 1 aliphatic carbocycles. The Kier molecular flexibility index (Phi) is 1.82. The average molecular weight is 210 g/mol. The largest absolute Gasteiger partial charge is 0.388 e. The molecular formula is C10H14N2OS. The summed E-state index contributed by atoms with van der Waals surface area (Å²) in [7, 11) is 0. The van der Waals surface area contributed by atoms with Gasteiger partial charge in [0.15, 0.2) is 5.13 Å². The molecule has 3 rings (SSSR count). The second-order valence-electron chi connectivity index (χ2n) is 4.38. The minimum absolute atomic E-state index is 0.376. The molecule has 1 aliphatic heterocycles. The lowest BCUT2D eigenvalue weighted by molar-refractivity contribution is 0.203. The molecule has 0 bridgehead atoms. The predicted molar refractivity (Wildman–Crippen MR) is 56.6 cm³/mol. The van der Waals surface area contributed by atoms with Crippen LogP contribution in [0.4, 0.5) is 5.13 Å². The van der Waals surface area contributed by atoms with Crippen LogP contribution in [0.1, 0.15) is 24.3 Å². The molecular weight excluding hydrogens is 196 g/mol. The maximum atomic E-state index is 9.39. The first-order valence-electron chi connectivity index (χ1n) is 5.13. The molecule has 1 N–H and O–H groups in total. The number of hydrogen-bond acceptors (Lipinski definition) is 4. The Morgan fingerprint density at radius 1 is 1.57 bits per heavy atom. The van der Waals surface area contributed by atoms with E-state index in [1.54, 1.807) is 24.5 Å². The summed E-state index contributed by atoms with van der Waals surface area (Å²) in [6.45, 7) is 4.15. The third-order valence-electron chi connectivity index (χ3n) is 3.17. The molecule has 3 atom stereocenters. The smallest absolute Gasteiger partial charge is 0.185 e. The molecule has 0 radical (unpaired) electrons. The van der Waals surface area contributed by atoms with Gasteiger partial charge in [0.1, 0.15) is 0 Å². The summed E-state index contributed by atoms with van der Waals surface area (Å²) in [5, 5.41) is 10.5. The fourth-order valence-corrected chi connectivity index (χ4v) is 3.04. The summed E-state index contributed by atoms with van der Waals surface area (Å²) < 4.78 is 0. The molecule has 1 aromatic heterocycles. The standard InChI is InChI=1S/C10H14N2OS/c1-6(13)9-3-11-10(14-9)12-4-7-2-8(7)5-12/h3,6-8,13H,2,4-5H2,1H3. The maximum Gasteiger partial charge on any atom is 0.185 e. The third-order valence-corrected chi connectivity index (χ3v) is 4.40. The average Bonchev–Trinajstić information content (AvgIpc) is 2.69. The topological polar surface area (TPSA) is 36.4 Å². The molecule has 1 saturated carbocycles. The minimum Gasteiger partial charge on any atom is -0.388 e. The zero-order valence-electron chi connectivity index (χ0n) is 8.18. The van der Waals surface area contributed by atoms with Crippen LogP contribution in [0.3, 0.4) is 0 Å².